The van der Waals surface area contributed by atoms with Crippen LogP contribution in [0, 0.1) is 4.91 Å². The number of hydrogen-bond acceptors (Lipinski definition) is 6. The number of esters is 1. The average Bonchev–Trinajstić information content (AvgIpc) is 2.52. The summed E-state index contributed by atoms with van der Waals surface area (Å²) < 4.78 is 6.93. The lowest BCUT2D eigenvalue weighted by Gasteiger charge is -2.30. The minimum absolute atomic E-state index is 0.0418. The molecule has 0 bridgehead atoms. The fourth-order valence-electron chi connectivity index (χ4n) is 2.09. The first-order chi connectivity index (χ1) is 10.9. The van der Waals surface area contributed by atoms with Gasteiger partial charge >= 0.3 is 5.97 Å². The molecule has 0 aliphatic rings. The summed E-state index contributed by atoms with van der Waals surface area (Å²) in [4.78, 5) is 35.9. The molecule has 0 radical (unpaired) electrons. The number of methoxy groups -OCH3 is 1. The number of carbonyl (C=O) groups is 2. The first kappa shape index (κ1) is 19.2. The van der Waals surface area contributed by atoms with Gasteiger partial charge in [0.2, 0.25) is 5.91 Å². The van der Waals surface area contributed by atoms with Crippen molar-refractivity contribution in [3.8, 4) is 0 Å². The van der Waals surface area contributed by atoms with E-state index in [9.17, 15) is 14.5 Å². The van der Waals surface area contributed by atoms with Gasteiger partial charge in [-0.05, 0) is 19.4 Å². The van der Waals surface area contributed by atoms with E-state index >= 15 is 0 Å². The highest BCUT2D eigenvalue weighted by molar-refractivity contribution is 7.99. The van der Waals surface area contributed by atoms with Crippen molar-refractivity contribution in [2.45, 2.75) is 38.0 Å². The van der Waals surface area contributed by atoms with Crippen LogP contribution in [0.4, 0.5) is 0 Å². The Morgan fingerprint density at radius 1 is 1.22 bits per heavy atom. The van der Waals surface area contributed by atoms with Crippen LogP contribution in [0.5, 0.6) is 0 Å². The Bertz CT molecular complexity index is 534. The highest BCUT2D eigenvalue weighted by Crippen LogP contribution is 2.27. The van der Waals surface area contributed by atoms with E-state index in [1.165, 1.54) is 7.11 Å². The number of benzene rings is 1. The Balaban J connectivity index is 2.80. The molecule has 7 heteroatoms. The molecule has 0 saturated carbocycles. The average molecular weight is 338 g/mol. The molecule has 23 heavy (non-hydrogen) atoms. The molecule has 0 saturated heterocycles. The van der Waals surface area contributed by atoms with Crippen LogP contribution in [0.2, 0.25) is 0 Å². The third kappa shape index (κ3) is 7.27. The minimum Gasteiger partial charge on any atom is -0.469 e. The maximum Gasteiger partial charge on any atom is 0.306 e. The molecule has 1 aromatic carbocycles. The van der Waals surface area contributed by atoms with Crippen LogP contribution in [-0.4, -0.2) is 35.2 Å². The van der Waals surface area contributed by atoms with E-state index < -0.39 is 10.7 Å². The molecule has 126 valence electrons. The van der Waals surface area contributed by atoms with Gasteiger partial charge in [-0.25, -0.2) is 0 Å². The zero-order chi connectivity index (χ0) is 17.3. The standard InChI is InChI=1S/C16H22N2O4S/c1-16(2,23-17-21)12-18(11-13-7-5-4-6-8-13)14(19)9-10-15(20)22-3/h4-8H,9-12H2,1-3H3. The van der Waals surface area contributed by atoms with Gasteiger partial charge in [-0.2, -0.15) is 0 Å². The molecule has 1 aromatic rings. The minimum atomic E-state index is -0.503. The molecule has 0 spiro atoms. The summed E-state index contributed by atoms with van der Waals surface area (Å²) in [6.45, 7) is 4.48. The van der Waals surface area contributed by atoms with Crippen molar-refractivity contribution in [2.24, 2.45) is 4.58 Å². The topological polar surface area (TPSA) is 76.0 Å². The molecule has 0 aromatic heterocycles. The van der Waals surface area contributed by atoms with E-state index in [0.717, 1.165) is 17.5 Å². The van der Waals surface area contributed by atoms with Crippen molar-refractivity contribution in [3.63, 3.8) is 0 Å². The lowest BCUT2D eigenvalue weighted by Crippen LogP contribution is -2.40. The molecule has 0 aliphatic carbocycles. The van der Waals surface area contributed by atoms with Gasteiger partial charge in [-0.3, -0.25) is 9.59 Å². The molecular weight excluding hydrogens is 316 g/mol. The number of amides is 1. The number of nitrogens with zero attached hydrogens (tertiary/aromatic N) is 2. The van der Waals surface area contributed by atoms with Gasteiger partial charge in [-0.1, -0.05) is 30.3 Å². The second-order valence-corrected chi connectivity index (χ2v) is 7.17. The Labute approximate surface area is 140 Å². The van der Waals surface area contributed by atoms with Crippen molar-refractivity contribution < 1.29 is 14.3 Å². The van der Waals surface area contributed by atoms with Crippen molar-refractivity contribution in [1.29, 1.82) is 0 Å². The van der Waals surface area contributed by atoms with E-state index in [-0.39, 0.29) is 18.7 Å². The molecule has 0 atom stereocenters. The maximum absolute atomic E-state index is 12.5. The Kier molecular flexibility index (Phi) is 7.74. The molecule has 0 unspecified atom stereocenters. The van der Waals surface area contributed by atoms with Crippen LogP contribution in [0.1, 0.15) is 32.3 Å². The molecule has 0 heterocycles. The van der Waals surface area contributed by atoms with E-state index in [1.807, 2.05) is 44.2 Å². The first-order valence-corrected chi connectivity index (χ1v) is 8.04. The monoisotopic (exact) mass is 338 g/mol. The van der Waals surface area contributed by atoms with Crippen molar-refractivity contribution in [2.75, 3.05) is 13.7 Å². The Morgan fingerprint density at radius 3 is 2.43 bits per heavy atom. The van der Waals surface area contributed by atoms with Gasteiger partial charge in [0.05, 0.1) is 18.3 Å². The van der Waals surface area contributed by atoms with Crippen molar-refractivity contribution in [1.82, 2.24) is 4.90 Å². The Morgan fingerprint density at radius 2 is 1.87 bits per heavy atom. The fraction of sp³-hybridized carbons (Fsp3) is 0.500. The highest BCUT2D eigenvalue weighted by atomic mass is 32.2. The molecule has 6 nitrogen and oxygen atoms in total. The van der Waals surface area contributed by atoms with Crippen molar-refractivity contribution in [3.05, 3.63) is 40.8 Å². The number of nitroso groups, excluding NO2 is 1. The molecule has 0 fully saturated rings. The van der Waals surface area contributed by atoms with Gasteiger partial charge in [0, 0.05) is 36.0 Å². The lowest BCUT2D eigenvalue weighted by molar-refractivity contribution is -0.143. The quantitative estimate of drug-likeness (QED) is 0.393. The molecule has 0 N–H and O–H groups in total. The zero-order valence-corrected chi connectivity index (χ0v) is 14.5. The fourth-order valence-corrected chi connectivity index (χ4v) is 2.51. The number of rotatable bonds is 9. The summed E-state index contributed by atoms with van der Waals surface area (Å²) in [7, 11) is 1.30. The predicted molar refractivity (Wildman–Crippen MR) is 90.6 cm³/mol. The van der Waals surface area contributed by atoms with E-state index in [2.05, 4.69) is 9.32 Å². The second kappa shape index (κ2) is 9.29. The zero-order valence-electron chi connectivity index (χ0n) is 13.7. The smallest absolute Gasteiger partial charge is 0.306 e. The van der Waals surface area contributed by atoms with E-state index in [1.54, 1.807) is 4.90 Å². The largest absolute Gasteiger partial charge is 0.469 e. The van der Waals surface area contributed by atoms with Crippen LogP contribution in [0.3, 0.4) is 0 Å². The van der Waals surface area contributed by atoms with Crippen LogP contribution in [-0.2, 0) is 20.9 Å². The number of ether oxygens (including phenoxy) is 1. The van der Waals surface area contributed by atoms with E-state index in [0.29, 0.717) is 13.1 Å². The highest BCUT2D eigenvalue weighted by Gasteiger charge is 2.27. The summed E-state index contributed by atoms with van der Waals surface area (Å²) in [5, 5.41) is 0. The SMILES string of the molecule is COC(=O)CCC(=O)N(Cc1ccccc1)CC(C)(C)SN=O. The summed E-state index contributed by atoms with van der Waals surface area (Å²) in [6, 6.07) is 9.57. The summed E-state index contributed by atoms with van der Waals surface area (Å²) in [5.74, 6) is -0.569. The van der Waals surface area contributed by atoms with Crippen LogP contribution >= 0.6 is 11.9 Å². The van der Waals surface area contributed by atoms with Gasteiger partial charge in [0.25, 0.3) is 0 Å². The molecule has 0 aliphatic heterocycles. The van der Waals surface area contributed by atoms with Gasteiger partial charge < -0.3 is 9.64 Å². The van der Waals surface area contributed by atoms with Gasteiger partial charge in [-0.15, -0.1) is 4.91 Å². The second-order valence-electron chi connectivity index (χ2n) is 5.74. The molecule has 1 amide bonds. The summed E-state index contributed by atoms with van der Waals surface area (Å²) in [6.07, 6.45) is 0.120. The maximum atomic E-state index is 12.5. The van der Waals surface area contributed by atoms with E-state index in [4.69, 9.17) is 0 Å². The van der Waals surface area contributed by atoms with Crippen molar-refractivity contribution >= 4 is 23.8 Å². The normalized spacial score (nSPS) is 10.9. The first-order valence-electron chi connectivity index (χ1n) is 7.27. The molecular formula is C16H22N2O4S. The van der Waals surface area contributed by atoms with Crippen LogP contribution in [0.25, 0.3) is 0 Å². The van der Waals surface area contributed by atoms with Gasteiger partial charge in [0.1, 0.15) is 0 Å². The lowest BCUT2D eigenvalue weighted by atomic mass is 10.1. The van der Waals surface area contributed by atoms with Crippen LogP contribution in [0.15, 0.2) is 34.9 Å². The third-order valence-corrected chi connectivity index (χ3v) is 3.89. The summed E-state index contributed by atoms with van der Waals surface area (Å²) >= 11 is 0.903. The Hall–Kier alpha value is -1.89. The molecule has 1 rings (SSSR count). The van der Waals surface area contributed by atoms with Gasteiger partial charge in [0.15, 0.2) is 0 Å². The van der Waals surface area contributed by atoms with Crippen LogP contribution < -0.4 is 0 Å². The summed E-state index contributed by atoms with van der Waals surface area (Å²) in [5.41, 5.74) is 0.985. The number of hydrogen-bond donors (Lipinski definition) is 0. The third-order valence-electron chi connectivity index (χ3n) is 3.20. The number of carbonyl (C=O) groups excluding carboxylic acids is 2. The predicted octanol–water partition coefficient (Wildman–Crippen LogP) is 3.16.